The number of halogens is 1. The number of carbonyl (C=O) groups excluding carboxylic acids is 1. The number of hydrogen-bond acceptors (Lipinski definition) is 6. The zero-order chi connectivity index (χ0) is 23.4. The second-order valence-corrected chi connectivity index (χ2v) is 10.4. The van der Waals surface area contributed by atoms with Crippen molar-refractivity contribution in [2.45, 2.75) is 17.0 Å². The van der Waals surface area contributed by atoms with Gasteiger partial charge in [0.1, 0.15) is 10.7 Å². The molecule has 1 aromatic heterocycles. The predicted molar refractivity (Wildman–Crippen MR) is 125 cm³/mol. The smallest absolute Gasteiger partial charge is 0.246 e. The van der Waals surface area contributed by atoms with E-state index in [0.717, 1.165) is 23.0 Å². The Morgan fingerprint density at radius 1 is 1.00 bits per heavy atom. The van der Waals surface area contributed by atoms with Gasteiger partial charge in [-0.25, -0.2) is 22.8 Å². The Morgan fingerprint density at radius 2 is 1.67 bits per heavy atom. The second-order valence-electron chi connectivity index (χ2n) is 7.55. The predicted octanol–water partition coefficient (Wildman–Crippen LogP) is 3.22. The summed E-state index contributed by atoms with van der Waals surface area (Å²) >= 11 is 1.26. The molecule has 1 aliphatic rings. The van der Waals surface area contributed by atoms with E-state index in [1.165, 1.54) is 34.3 Å². The molecule has 0 atom stereocenters. The number of piperazine rings is 1. The minimum Gasteiger partial charge on any atom is -0.339 e. The molecule has 0 radical (unpaired) electrons. The monoisotopic (exact) mass is 486 g/mol. The minimum absolute atomic E-state index is 0.116. The normalized spacial score (nSPS) is 14.9. The van der Waals surface area contributed by atoms with Crippen molar-refractivity contribution in [1.29, 1.82) is 0 Å². The standard InChI is InChI=1S/C23H23FN4O3S2/c1-17-15-20(18-7-3-2-4-8-18)26-23(25-17)32-16-22(29)27-11-13-28(14-12-27)33(30,31)21-10-6-5-9-19(21)24/h2-10,15H,11-14,16H2,1H3. The highest BCUT2D eigenvalue weighted by Gasteiger charge is 2.31. The molecule has 2 heterocycles. The van der Waals surface area contributed by atoms with E-state index in [1.807, 2.05) is 43.3 Å². The maximum atomic E-state index is 14.0. The van der Waals surface area contributed by atoms with Crippen molar-refractivity contribution in [1.82, 2.24) is 19.2 Å². The van der Waals surface area contributed by atoms with E-state index in [2.05, 4.69) is 9.97 Å². The lowest BCUT2D eigenvalue weighted by Crippen LogP contribution is -2.51. The summed E-state index contributed by atoms with van der Waals surface area (Å²) in [7, 11) is -3.94. The number of nitrogens with zero attached hydrogens (tertiary/aromatic N) is 4. The van der Waals surface area contributed by atoms with Crippen molar-refractivity contribution < 1.29 is 17.6 Å². The van der Waals surface area contributed by atoms with Crippen molar-refractivity contribution in [2.24, 2.45) is 0 Å². The molecular formula is C23H23FN4O3S2. The van der Waals surface area contributed by atoms with Gasteiger partial charge in [-0.2, -0.15) is 4.31 Å². The number of benzene rings is 2. The molecule has 0 spiro atoms. The second kappa shape index (κ2) is 9.98. The molecule has 0 unspecified atom stereocenters. The number of aryl methyl sites for hydroxylation is 1. The van der Waals surface area contributed by atoms with Gasteiger partial charge in [-0.1, -0.05) is 54.2 Å². The zero-order valence-electron chi connectivity index (χ0n) is 18.0. The van der Waals surface area contributed by atoms with Gasteiger partial charge < -0.3 is 4.90 Å². The van der Waals surface area contributed by atoms with Crippen molar-refractivity contribution in [3.05, 3.63) is 72.2 Å². The SMILES string of the molecule is Cc1cc(-c2ccccc2)nc(SCC(=O)N2CCN(S(=O)(=O)c3ccccc3F)CC2)n1. The van der Waals surface area contributed by atoms with Crippen LogP contribution in [0.4, 0.5) is 4.39 Å². The Bertz CT molecular complexity index is 1250. The summed E-state index contributed by atoms with van der Waals surface area (Å²) in [5.74, 6) is -0.743. The molecule has 1 aliphatic heterocycles. The van der Waals surface area contributed by atoms with E-state index < -0.39 is 15.8 Å². The zero-order valence-corrected chi connectivity index (χ0v) is 19.7. The van der Waals surface area contributed by atoms with Crippen LogP contribution in [0.1, 0.15) is 5.69 Å². The maximum Gasteiger partial charge on any atom is 0.246 e. The Kier molecular flexibility index (Phi) is 7.06. The maximum absolute atomic E-state index is 14.0. The van der Waals surface area contributed by atoms with E-state index in [1.54, 1.807) is 4.90 Å². The fourth-order valence-electron chi connectivity index (χ4n) is 3.55. The summed E-state index contributed by atoms with van der Waals surface area (Å²) in [4.78, 5) is 23.0. The first kappa shape index (κ1) is 23.3. The van der Waals surface area contributed by atoms with Gasteiger partial charge in [-0.15, -0.1) is 0 Å². The summed E-state index contributed by atoms with van der Waals surface area (Å²) in [6, 6.07) is 17.0. The number of rotatable bonds is 6. The van der Waals surface area contributed by atoms with Crippen molar-refractivity contribution in [2.75, 3.05) is 31.9 Å². The van der Waals surface area contributed by atoms with Gasteiger partial charge in [0.15, 0.2) is 5.16 Å². The highest BCUT2D eigenvalue weighted by Crippen LogP contribution is 2.23. The topological polar surface area (TPSA) is 83.5 Å². The summed E-state index contributed by atoms with van der Waals surface area (Å²) in [6.07, 6.45) is 0. The summed E-state index contributed by atoms with van der Waals surface area (Å²) in [5.41, 5.74) is 2.58. The fraction of sp³-hybridized carbons (Fsp3) is 0.261. The van der Waals surface area contributed by atoms with Crippen LogP contribution in [0.15, 0.2) is 70.7 Å². The Hall–Kier alpha value is -2.82. The highest BCUT2D eigenvalue weighted by molar-refractivity contribution is 7.99. The number of aromatic nitrogens is 2. The number of thioether (sulfide) groups is 1. The molecule has 0 bridgehead atoms. The van der Waals surface area contributed by atoms with Crippen LogP contribution in [0, 0.1) is 12.7 Å². The first-order chi connectivity index (χ1) is 15.8. The third-order valence-corrected chi connectivity index (χ3v) is 8.04. The van der Waals surface area contributed by atoms with Crippen LogP contribution in [-0.2, 0) is 14.8 Å². The molecule has 0 aliphatic carbocycles. The third kappa shape index (κ3) is 5.40. The molecular weight excluding hydrogens is 463 g/mol. The molecule has 33 heavy (non-hydrogen) atoms. The number of amides is 1. The molecule has 4 rings (SSSR count). The highest BCUT2D eigenvalue weighted by atomic mass is 32.2. The Labute approximate surface area is 196 Å². The molecule has 3 aromatic rings. The van der Waals surface area contributed by atoms with Gasteiger partial charge in [-0.3, -0.25) is 4.79 Å². The summed E-state index contributed by atoms with van der Waals surface area (Å²) in [6.45, 7) is 2.61. The molecule has 1 saturated heterocycles. The number of carbonyl (C=O) groups is 1. The summed E-state index contributed by atoms with van der Waals surface area (Å²) in [5, 5.41) is 0.517. The quantitative estimate of drug-likeness (QED) is 0.393. The van der Waals surface area contributed by atoms with Gasteiger partial charge in [0.2, 0.25) is 15.9 Å². The molecule has 172 valence electrons. The first-order valence-electron chi connectivity index (χ1n) is 10.4. The molecule has 0 N–H and O–H groups in total. The molecule has 7 nitrogen and oxygen atoms in total. The lowest BCUT2D eigenvalue weighted by atomic mass is 10.1. The minimum atomic E-state index is -3.94. The fourth-order valence-corrected chi connectivity index (χ4v) is 5.84. The van der Waals surface area contributed by atoms with E-state index in [-0.39, 0.29) is 42.7 Å². The lowest BCUT2D eigenvalue weighted by molar-refractivity contribution is -0.129. The van der Waals surface area contributed by atoms with Gasteiger partial charge in [0, 0.05) is 37.4 Å². The number of hydrogen-bond donors (Lipinski definition) is 0. The molecule has 2 aromatic carbocycles. The molecule has 1 amide bonds. The van der Waals surface area contributed by atoms with Crippen molar-refractivity contribution in [3.63, 3.8) is 0 Å². The van der Waals surface area contributed by atoms with Crippen LogP contribution in [0.25, 0.3) is 11.3 Å². The van der Waals surface area contributed by atoms with E-state index >= 15 is 0 Å². The van der Waals surface area contributed by atoms with Crippen LogP contribution in [0.2, 0.25) is 0 Å². The van der Waals surface area contributed by atoms with Crippen LogP contribution in [-0.4, -0.2) is 65.4 Å². The van der Waals surface area contributed by atoms with E-state index in [4.69, 9.17) is 0 Å². The van der Waals surface area contributed by atoms with E-state index in [9.17, 15) is 17.6 Å². The van der Waals surface area contributed by atoms with Gasteiger partial charge in [0.05, 0.1) is 11.4 Å². The summed E-state index contributed by atoms with van der Waals surface area (Å²) < 4.78 is 40.7. The van der Waals surface area contributed by atoms with E-state index in [0.29, 0.717) is 5.16 Å². The van der Waals surface area contributed by atoms with Gasteiger partial charge in [0.25, 0.3) is 0 Å². The Balaban J connectivity index is 1.36. The molecule has 0 saturated carbocycles. The van der Waals surface area contributed by atoms with Crippen LogP contribution < -0.4 is 0 Å². The van der Waals surface area contributed by atoms with Crippen LogP contribution in [0.3, 0.4) is 0 Å². The lowest BCUT2D eigenvalue weighted by Gasteiger charge is -2.34. The number of sulfonamides is 1. The van der Waals surface area contributed by atoms with Crippen molar-refractivity contribution in [3.8, 4) is 11.3 Å². The van der Waals surface area contributed by atoms with Gasteiger partial charge >= 0.3 is 0 Å². The van der Waals surface area contributed by atoms with Crippen LogP contribution >= 0.6 is 11.8 Å². The third-order valence-electron chi connectivity index (χ3n) is 5.27. The first-order valence-corrected chi connectivity index (χ1v) is 12.8. The Morgan fingerprint density at radius 3 is 2.36 bits per heavy atom. The van der Waals surface area contributed by atoms with Crippen LogP contribution in [0.5, 0.6) is 0 Å². The van der Waals surface area contributed by atoms with Crippen molar-refractivity contribution >= 4 is 27.7 Å². The largest absolute Gasteiger partial charge is 0.339 e. The average molecular weight is 487 g/mol. The van der Waals surface area contributed by atoms with Gasteiger partial charge in [-0.05, 0) is 25.1 Å². The molecule has 10 heteroatoms. The molecule has 1 fully saturated rings. The average Bonchev–Trinajstić information content (AvgIpc) is 2.83.